The summed E-state index contributed by atoms with van der Waals surface area (Å²) in [6.07, 6.45) is 0. The molecule has 0 radical (unpaired) electrons. The van der Waals surface area contributed by atoms with E-state index in [4.69, 9.17) is 11.6 Å². The smallest absolute Gasteiger partial charge is 0.265 e. The number of aryl methyl sites for hydroxylation is 1. The Bertz CT molecular complexity index is 1390. The van der Waals surface area contributed by atoms with E-state index in [2.05, 4.69) is 15.1 Å². The Hall–Kier alpha value is -2.72. The summed E-state index contributed by atoms with van der Waals surface area (Å²) >= 11 is 7.32. The molecule has 0 spiro atoms. The van der Waals surface area contributed by atoms with E-state index < -0.39 is 10.0 Å². The van der Waals surface area contributed by atoms with E-state index in [9.17, 15) is 13.2 Å². The molecule has 2 N–H and O–H groups in total. The van der Waals surface area contributed by atoms with E-state index in [1.807, 2.05) is 25.1 Å². The number of fused-ring (bicyclic) bond motifs is 1. The summed E-state index contributed by atoms with van der Waals surface area (Å²) < 4.78 is 28.8. The number of amides is 1. The first kappa shape index (κ1) is 22.5. The molecular weight excluding hydrogens is 468 g/mol. The summed E-state index contributed by atoms with van der Waals surface area (Å²) in [4.78, 5) is 14.4. The van der Waals surface area contributed by atoms with Crippen LogP contribution in [0.1, 0.15) is 29.2 Å². The van der Waals surface area contributed by atoms with Crippen LogP contribution < -0.4 is 10.0 Å². The molecular formula is C22H21ClN4O3S2. The fraction of sp³-hybridized carbons (Fsp3) is 0.182. The lowest BCUT2D eigenvalue weighted by Crippen LogP contribution is -2.30. The molecule has 0 aliphatic heterocycles. The summed E-state index contributed by atoms with van der Waals surface area (Å²) in [5.41, 5.74) is 2.18. The predicted octanol–water partition coefficient (Wildman–Crippen LogP) is 4.99. The van der Waals surface area contributed by atoms with Gasteiger partial charge in [0.1, 0.15) is 4.83 Å². The van der Waals surface area contributed by atoms with Crippen molar-refractivity contribution in [1.29, 1.82) is 0 Å². The largest absolute Gasteiger partial charge is 0.321 e. The summed E-state index contributed by atoms with van der Waals surface area (Å²) in [5, 5.41) is 8.94. The van der Waals surface area contributed by atoms with Crippen molar-refractivity contribution < 1.29 is 13.2 Å². The minimum Gasteiger partial charge on any atom is -0.321 e. The van der Waals surface area contributed by atoms with E-state index in [0.29, 0.717) is 15.6 Å². The van der Waals surface area contributed by atoms with Gasteiger partial charge < -0.3 is 5.32 Å². The van der Waals surface area contributed by atoms with Gasteiger partial charge in [0.25, 0.3) is 5.91 Å². The van der Waals surface area contributed by atoms with Crippen LogP contribution in [-0.2, 0) is 10.0 Å². The molecule has 2 aromatic carbocycles. The molecule has 4 aromatic rings. The van der Waals surface area contributed by atoms with Crippen LogP contribution in [0.3, 0.4) is 0 Å². The molecule has 0 saturated carbocycles. The molecule has 166 valence electrons. The van der Waals surface area contributed by atoms with E-state index in [1.54, 1.807) is 42.8 Å². The molecule has 1 amide bonds. The van der Waals surface area contributed by atoms with Crippen molar-refractivity contribution in [3.63, 3.8) is 0 Å². The first-order chi connectivity index (χ1) is 15.1. The number of nitrogens with zero attached hydrogens (tertiary/aromatic N) is 2. The molecule has 0 unspecified atom stereocenters. The van der Waals surface area contributed by atoms with Gasteiger partial charge in [-0.15, -0.1) is 11.3 Å². The number of hydrogen-bond acceptors (Lipinski definition) is 5. The molecule has 0 bridgehead atoms. The predicted molar refractivity (Wildman–Crippen MR) is 129 cm³/mol. The average molecular weight is 489 g/mol. The highest BCUT2D eigenvalue weighted by Gasteiger charge is 2.18. The van der Waals surface area contributed by atoms with Crippen LogP contribution in [-0.4, -0.2) is 30.1 Å². The highest BCUT2D eigenvalue weighted by molar-refractivity contribution is 7.89. The van der Waals surface area contributed by atoms with Gasteiger partial charge in [-0.1, -0.05) is 11.6 Å². The normalized spacial score (nSPS) is 11.9. The van der Waals surface area contributed by atoms with Gasteiger partial charge in [-0.2, -0.15) is 5.10 Å². The molecule has 0 saturated heterocycles. The molecule has 7 nitrogen and oxygen atoms in total. The van der Waals surface area contributed by atoms with Crippen molar-refractivity contribution in [2.45, 2.75) is 31.7 Å². The van der Waals surface area contributed by atoms with Crippen LogP contribution in [0.2, 0.25) is 5.02 Å². The first-order valence-electron chi connectivity index (χ1n) is 9.83. The fourth-order valence-electron chi connectivity index (χ4n) is 3.20. The lowest BCUT2D eigenvalue weighted by molar-refractivity contribution is 0.103. The maximum atomic E-state index is 12.8. The van der Waals surface area contributed by atoms with Crippen LogP contribution in [0.5, 0.6) is 0 Å². The highest BCUT2D eigenvalue weighted by atomic mass is 35.5. The topological polar surface area (TPSA) is 93.1 Å². The summed E-state index contributed by atoms with van der Waals surface area (Å²) in [6, 6.07) is 15.0. The van der Waals surface area contributed by atoms with Gasteiger partial charge in [0.05, 0.1) is 21.2 Å². The Morgan fingerprint density at radius 2 is 1.75 bits per heavy atom. The van der Waals surface area contributed by atoms with E-state index in [0.717, 1.165) is 21.6 Å². The van der Waals surface area contributed by atoms with Crippen molar-refractivity contribution in [3.05, 3.63) is 70.2 Å². The summed E-state index contributed by atoms with van der Waals surface area (Å²) in [7, 11) is -3.58. The minimum absolute atomic E-state index is 0.143. The first-order valence-corrected chi connectivity index (χ1v) is 12.5. The van der Waals surface area contributed by atoms with Crippen molar-refractivity contribution >= 4 is 54.8 Å². The maximum absolute atomic E-state index is 12.8. The fourth-order valence-corrected chi connectivity index (χ4v) is 5.66. The lowest BCUT2D eigenvalue weighted by atomic mass is 10.3. The number of thiophene rings is 1. The van der Waals surface area contributed by atoms with Gasteiger partial charge in [0, 0.05) is 22.1 Å². The second-order valence-corrected chi connectivity index (χ2v) is 10.7. The van der Waals surface area contributed by atoms with Crippen molar-refractivity contribution in [1.82, 2.24) is 14.5 Å². The maximum Gasteiger partial charge on any atom is 0.265 e. The van der Waals surface area contributed by atoms with Crippen LogP contribution in [0.15, 0.2) is 59.5 Å². The van der Waals surface area contributed by atoms with E-state index >= 15 is 0 Å². The zero-order valence-electron chi connectivity index (χ0n) is 17.6. The minimum atomic E-state index is -3.58. The number of benzene rings is 2. The van der Waals surface area contributed by atoms with Crippen molar-refractivity contribution in [2.24, 2.45) is 0 Å². The van der Waals surface area contributed by atoms with Crippen LogP contribution in [0.4, 0.5) is 5.69 Å². The third kappa shape index (κ3) is 4.56. The Morgan fingerprint density at radius 1 is 1.09 bits per heavy atom. The standard InChI is InChI=1S/C22H21ClN4O3S2/c1-13(2)26-32(29,30)18-10-6-16(7-11-18)24-21(28)20-12-19-14(3)25-27(22(19)31-20)17-8-4-15(23)5-9-17/h4-13,26H,1-3H3,(H,24,28). The van der Waals surface area contributed by atoms with E-state index in [-0.39, 0.29) is 16.8 Å². The molecule has 0 aliphatic rings. The molecule has 0 aliphatic carbocycles. The second kappa shape index (κ2) is 8.67. The van der Waals surface area contributed by atoms with Gasteiger partial charge >= 0.3 is 0 Å². The number of carbonyl (C=O) groups is 1. The number of carbonyl (C=O) groups excluding carboxylic acids is 1. The number of nitrogens with one attached hydrogen (secondary N) is 2. The number of sulfonamides is 1. The molecule has 0 fully saturated rings. The molecule has 32 heavy (non-hydrogen) atoms. The third-order valence-electron chi connectivity index (χ3n) is 4.65. The van der Waals surface area contributed by atoms with Crippen LogP contribution >= 0.6 is 22.9 Å². The molecule has 4 rings (SSSR count). The van der Waals surface area contributed by atoms with Crippen molar-refractivity contribution in [2.75, 3.05) is 5.32 Å². The Kier molecular flexibility index (Phi) is 6.09. The van der Waals surface area contributed by atoms with Gasteiger partial charge in [-0.25, -0.2) is 17.8 Å². The monoisotopic (exact) mass is 488 g/mol. The average Bonchev–Trinajstić information content (AvgIpc) is 3.29. The van der Waals surface area contributed by atoms with Gasteiger partial charge in [0.2, 0.25) is 10.0 Å². The van der Waals surface area contributed by atoms with Crippen LogP contribution in [0.25, 0.3) is 15.9 Å². The summed E-state index contributed by atoms with van der Waals surface area (Å²) in [6.45, 7) is 5.41. The SMILES string of the molecule is Cc1nn(-c2ccc(Cl)cc2)c2sc(C(=O)Nc3ccc(S(=O)(=O)NC(C)C)cc3)cc12. The number of anilines is 1. The highest BCUT2D eigenvalue weighted by Crippen LogP contribution is 2.31. The van der Waals surface area contributed by atoms with Gasteiger partial charge in [-0.05, 0) is 75.4 Å². The zero-order chi connectivity index (χ0) is 23.0. The van der Waals surface area contributed by atoms with Crippen LogP contribution in [0, 0.1) is 6.92 Å². The van der Waals surface area contributed by atoms with Gasteiger partial charge in [0.15, 0.2) is 0 Å². The Labute approximate surface area is 195 Å². The number of halogens is 1. The van der Waals surface area contributed by atoms with Gasteiger partial charge in [-0.3, -0.25) is 4.79 Å². The molecule has 2 heterocycles. The quantitative estimate of drug-likeness (QED) is 0.400. The number of aromatic nitrogens is 2. The number of hydrogen-bond donors (Lipinski definition) is 2. The van der Waals surface area contributed by atoms with Crippen molar-refractivity contribution in [3.8, 4) is 5.69 Å². The Morgan fingerprint density at radius 3 is 2.38 bits per heavy atom. The Balaban J connectivity index is 1.57. The lowest BCUT2D eigenvalue weighted by Gasteiger charge is -2.10. The zero-order valence-corrected chi connectivity index (χ0v) is 20.0. The van der Waals surface area contributed by atoms with E-state index in [1.165, 1.54) is 23.5 Å². The molecule has 0 atom stereocenters. The molecule has 10 heteroatoms. The third-order valence-corrected chi connectivity index (χ3v) is 7.69. The number of rotatable bonds is 6. The second-order valence-electron chi connectivity index (χ2n) is 7.56. The summed E-state index contributed by atoms with van der Waals surface area (Å²) in [5.74, 6) is -0.274. The molecule has 2 aromatic heterocycles.